The minimum atomic E-state index is 0.592. The number of anilines is 1. The monoisotopic (exact) mass is 354 g/mol. The maximum absolute atomic E-state index is 8.90. The molecule has 0 aliphatic carbocycles. The number of aryl methyl sites for hydroxylation is 1. The van der Waals surface area contributed by atoms with Crippen LogP contribution >= 0.6 is 0 Å². The largest absolute Gasteiger partial charge is 0.455 e. The number of nitriles is 2. The number of hydrogen-bond donors (Lipinski definition) is 1. The van der Waals surface area contributed by atoms with Crippen molar-refractivity contribution in [3.63, 3.8) is 0 Å². The average Bonchev–Trinajstić information content (AvgIpc) is 2.71. The molecular formula is C22H18N4O. The van der Waals surface area contributed by atoms with Crippen molar-refractivity contribution in [3.8, 4) is 23.6 Å². The highest BCUT2D eigenvalue weighted by atomic mass is 16.5. The van der Waals surface area contributed by atoms with Gasteiger partial charge in [0.05, 0.1) is 29.0 Å². The van der Waals surface area contributed by atoms with Gasteiger partial charge in [-0.3, -0.25) is 4.98 Å². The molecule has 0 unspecified atom stereocenters. The lowest BCUT2D eigenvalue weighted by molar-refractivity contribution is 0.471. The second kappa shape index (κ2) is 8.03. The molecule has 1 N–H and O–H groups in total. The Morgan fingerprint density at radius 3 is 2.11 bits per heavy atom. The van der Waals surface area contributed by atoms with Crippen molar-refractivity contribution in [1.29, 1.82) is 10.5 Å². The number of pyridine rings is 1. The highest BCUT2D eigenvalue weighted by Crippen LogP contribution is 2.30. The molecule has 0 spiro atoms. The van der Waals surface area contributed by atoms with Crippen molar-refractivity contribution in [2.24, 2.45) is 0 Å². The van der Waals surface area contributed by atoms with Gasteiger partial charge in [0.1, 0.15) is 5.75 Å². The molecule has 2 aromatic carbocycles. The molecule has 27 heavy (non-hydrogen) atoms. The van der Waals surface area contributed by atoms with Crippen LogP contribution in [0.2, 0.25) is 0 Å². The molecule has 0 amide bonds. The van der Waals surface area contributed by atoms with Crippen molar-refractivity contribution in [3.05, 3.63) is 82.7 Å². The second-order valence-electron chi connectivity index (χ2n) is 6.10. The van der Waals surface area contributed by atoms with Gasteiger partial charge < -0.3 is 10.1 Å². The van der Waals surface area contributed by atoms with Gasteiger partial charge in [0, 0.05) is 24.0 Å². The highest BCUT2D eigenvalue weighted by Gasteiger charge is 2.11. The van der Waals surface area contributed by atoms with Gasteiger partial charge >= 0.3 is 0 Å². The maximum atomic E-state index is 8.90. The fourth-order valence-electron chi connectivity index (χ4n) is 2.65. The van der Waals surface area contributed by atoms with Crippen LogP contribution in [0.1, 0.15) is 27.9 Å². The van der Waals surface area contributed by atoms with E-state index in [1.807, 2.05) is 32.2 Å². The maximum Gasteiger partial charge on any atom is 0.151 e. The van der Waals surface area contributed by atoms with Gasteiger partial charge in [0.15, 0.2) is 5.75 Å². The number of ether oxygens (including phenoxy) is 1. The average molecular weight is 354 g/mol. The molecule has 0 aliphatic heterocycles. The van der Waals surface area contributed by atoms with Crippen LogP contribution in [-0.2, 0) is 6.54 Å². The zero-order valence-electron chi connectivity index (χ0n) is 15.2. The summed E-state index contributed by atoms with van der Waals surface area (Å²) in [7, 11) is 0. The Balaban J connectivity index is 1.77. The number of hydrogen-bond acceptors (Lipinski definition) is 5. The van der Waals surface area contributed by atoms with E-state index in [-0.39, 0.29) is 0 Å². The van der Waals surface area contributed by atoms with Crippen LogP contribution in [0.4, 0.5) is 5.69 Å². The fourth-order valence-corrected chi connectivity index (χ4v) is 2.65. The third kappa shape index (κ3) is 4.23. The first-order chi connectivity index (χ1) is 13.1. The molecule has 0 fully saturated rings. The van der Waals surface area contributed by atoms with E-state index in [0.717, 1.165) is 28.3 Å². The molecule has 5 nitrogen and oxygen atoms in total. The minimum absolute atomic E-state index is 0.592. The summed E-state index contributed by atoms with van der Waals surface area (Å²) < 4.78 is 6.03. The summed E-state index contributed by atoms with van der Waals surface area (Å²) >= 11 is 0. The van der Waals surface area contributed by atoms with Crippen LogP contribution in [0, 0.1) is 36.5 Å². The standard InChI is InChI=1S/C22H18N4O/c1-15-19(14-26-20-7-3-17(11-23)4-8-20)13-25-16(2)22(15)27-21-9-5-18(12-24)6-10-21/h3-10,13,26H,14H2,1-2H3. The Kier molecular flexibility index (Phi) is 5.35. The molecule has 5 heteroatoms. The summed E-state index contributed by atoms with van der Waals surface area (Å²) in [6.45, 7) is 4.50. The normalized spacial score (nSPS) is 9.93. The molecule has 0 saturated carbocycles. The van der Waals surface area contributed by atoms with Gasteiger partial charge in [0.25, 0.3) is 0 Å². The Hall–Kier alpha value is -3.83. The molecule has 1 heterocycles. The van der Waals surface area contributed by atoms with E-state index < -0.39 is 0 Å². The fraction of sp³-hybridized carbons (Fsp3) is 0.136. The van der Waals surface area contributed by atoms with E-state index in [0.29, 0.717) is 23.4 Å². The summed E-state index contributed by atoms with van der Waals surface area (Å²) in [4.78, 5) is 4.45. The smallest absolute Gasteiger partial charge is 0.151 e. The summed E-state index contributed by atoms with van der Waals surface area (Å²) in [5, 5.41) is 21.1. The summed E-state index contributed by atoms with van der Waals surface area (Å²) in [6.07, 6.45) is 1.84. The molecule has 3 rings (SSSR count). The minimum Gasteiger partial charge on any atom is -0.455 e. The van der Waals surface area contributed by atoms with Crippen LogP contribution in [0.25, 0.3) is 0 Å². The van der Waals surface area contributed by atoms with Crippen molar-refractivity contribution in [2.75, 3.05) is 5.32 Å². The number of benzene rings is 2. The Bertz CT molecular complexity index is 1030. The van der Waals surface area contributed by atoms with Crippen LogP contribution in [0.15, 0.2) is 54.7 Å². The summed E-state index contributed by atoms with van der Waals surface area (Å²) in [6, 6.07) is 18.5. The lowest BCUT2D eigenvalue weighted by Gasteiger charge is -2.15. The van der Waals surface area contributed by atoms with Crippen molar-refractivity contribution in [1.82, 2.24) is 4.98 Å². The molecule has 0 saturated heterocycles. The number of nitrogens with one attached hydrogen (secondary N) is 1. The highest BCUT2D eigenvalue weighted by molar-refractivity contribution is 5.50. The van der Waals surface area contributed by atoms with Gasteiger partial charge in [-0.15, -0.1) is 0 Å². The molecule has 132 valence electrons. The Labute approximate surface area is 158 Å². The van der Waals surface area contributed by atoms with Crippen LogP contribution < -0.4 is 10.1 Å². The summed E-state index contributed by atoms with van der Waals surface area (Å²) in [5.41, 5.74) is 4.99. The predicted octanol–water partition coefficient (Wildman–Crippen LogP) is 4.85. The van der Waals surface area contributed by atoms with Crippen LogP contribution in [-0.4, -0.2) is 4.98 Å². The predicted molar refractivity (Wildman–Crippen MR) is 103 cm³/mol. The molecule has 0 atom stereocenters. The van der Waals surface area contributed by atoms with E-state index in [1.165, 1.54) is 0 Å². The van der Waals surface area contributed by atoms with Gasteiger partial charge in [-0.05, 0) is 67.9 Å². The zero-order valence-corrected chi connectivity index (χ0v) is 15.2. The quantitative estimate of drug-likeness (QED) is 0.708. The number of rotatable bonds is 5. The van der Waals surface area contributed by atoms with E-state index in [4.69, 9.17) is 15.3 Å². The molecule has 1 aromatic heterocycles. The first-order valence-electron chi connectivity index (χ1n) is 8.48. The second-order valence-corrected chi connectivity index (χ2v) is 6.10. The summed E-state index contributed by atoms with van der Waals surface area (Å²) in [5.74, 6) is 1.39. The molecule has 3 aromatic rings. The first kappa shape index (κ1) is 18.0. The van der Waals surface area contributed by atoms with Gasteiger partial charge in [-0.25, -0.2) is 0 Å². The van der Waals surface area contributed by atoms with Gasteiger partial charge in [-0.2, -0.15) is 10.5 Å². The lowest BCUT2D eigenvalue weighted by Crippen LogP contribution is -2.05. The first-order valence-corrected chi connectivity index (χ1v) is 8.48. The van der Waals surface area contributed by atoms with Gasteiger partial charge in [0.2, 0.25) is 0 Å². The Morgan fingerprint density at radius 1 is 0.926 bits per heavy atom. The van der Waals surface area contributed by atoms with Crippen LogP contribution in [0.3, 0.4) is 0 Å². The third-order valence-electron chi connectivity index (χ3n) is 4.27. The van der Waals surface area contributed by atoms with Crippen molar-refractivity contribution < 1.29 is 4.74 Å². The number of aromatic nitrogens is 1. The van der Waals surface area contributed by atoms with E-state index in [2.05, 4.69) is 22.4 Å². The molecular weight excluding hydrogens is 336 g/mol. The SMILES string of the molecule is Cc1ncc(CNc2ccc(C#N)cc2)c(C)c1Oc1ccc(C#N)cc1. The number of nitrogens with zero attached hydrogens (tertiary/aromatic N) is 3. The van der Waals surface area contributed by atoms with Crippen molar-refractivity contribution in [2.45, 2.75) is 20.4 Å². The van der Waals surface area contributed by atoms with E-state index in [1.54, 1.807) is 36.4 Å². The molecule has 0 aliphatic rings. The van der Waals surface area contributed by atoms with E-state index in [9.17, 15) is 0 Å². The topological polar surface area (TPSA) is 81.7 Å². The zero-order chi connectivity index (χ0) is 19.2. The lowest BCUT2D eigenvalue weighted by atomic mass is 10.1. The molecule has 0 bridgehead atoms. The Morgan fingerprint density at radius 2 is 1.52 bits per heavy atom. The third-order valence-corrected chi connectivity index (χ3v) is 4.27. The van der Waals surface area contributed by atoms with Crippen LogP contribution in [0.5, 0.6) is 11.5 Å². The molecule has 0 radical (unpaired) electrons. The van der Waals surface area contributed by atoms with Crippen molar-refractivity contribution >= 4 is 5.69 Å². The van der Waals surface area contributed by atoms with Gasteiger partial charge in [-0.1, -0.05) is 0 Å². The van der Waals surface area contributed by atoms with E-state index >= 15 is 0 Å².